The number of fused-ring (bicyclic) bond motifs is 7. The highest BCUT2D eigenvalue weighted by atomic mass is 19.1. The van der Waals surface area contributed by atoms with Gasteiger partial charge in [-0.15, -0.1) is 0 Å². The smallest absolute Gasteiger partial charge is 0.306 e. The number of likely N-dealkylation sites (tertiary alicyclic amines) is 1. The molecule has 2 heterocycles. The number of benzene rings is 1. The van der Waals surface area contributed by atoms with Crippen LogP contribution in [0.1, 0.15) is 157 Å². The molecular weight excluding hydrogens is 730 g/mol. The third-order valence-electron chi connectivity index (χ3n) is 19.5. The Morgan fingerprint density at radius 1 is 0.862 bits per heavy atom. The quantitative estimate of drug-likeness (QED) is 0.257. The van der Waals surface area contributed by atoms with Crippen LogP contribution in [0.25, 0.3) is 11.3 Å². The van der Waals surface area contributed by atoms with Crippen molar-refractivity contribution in [3.8, 4) is 11.3 Å². The number of nitrogens with one attached hydrogen (secondary N) is 1. The minimum absolute atomic E-state index is 0.0672. The van der Waals surface area contributed by atoms with Crippen molar-refractivity contribution in [3.63, 3.8) is 0 Å². The van der Waals surface area contributed by atoms with E-state index in [9.17, 15) is 19.1 Å². The molecule has 1 amide bonds. The molecule has 0 radical (unpaired) electrons. The maximum atomic E-state index is 15.6. The maximum absolute atomic E-state index is 15.6. The van der Waals surface area contributed by atoms with Crippen molar-refractivity contribution < 1.29 is 28.6 Å². The van der Waals surface area contributed by atoms with Crippen molar-refractivity contribution in [2.45, 2.75) is 157 Å². The first-order chi connectivity index (χ1) is 27.4. The number of aromatic amines is 1. The molecule has 7 aliphatic rings. The van der Waals surface area contributed by atoms with Gasteiger partial charge in [0.05, 0.1) is 35.7 Å². The Morgan fingerprint density at radius 2 is 1.60 bits per heavy atom. The van der Waals surface area contributed by atoms with Gasteiger partial charge < -0.3 is 19.7 Å². The Kier molecular flexibility index (Phi) is 9.45. The van der Waals surface area contributed by atoms with Crippen LogP contribution in [-0.4, -0.2) is 50.5 Å². The van der Waals surface area contributed by atoms with Crippen LogP contribution in [0.4, 0.5) is 4.39 Å². The van der Waals surface area contributed by atoms with Crippen LogP contribution in [0.15, 0.2) is 30.5 Å². The van der Waals surface area contributed by atoms with Gasteiger partial charge in [-0.2, -0.15) is 0 Å². The summed E-state index contributed by atoms with van der Waals surface area (Å²) in [5.41, 5.74) is 1.94. The first kappa shape index (κ1) is 40.2. The third kappa shape index (κ3) is 5.83. The Morgan fingerprint density at radius 3 is 2.31 bits per heavy atom. The largest absolute Gasteiger partial charge is 0.481 e. The number of nitrogens with zero attached hydrogens (tertiary/aromatic N) is 2. The van der Waals surface area contributed by atoms with E-state index in [1.165, 1.54) is 37.8 Å². The highest BCUT2D eigenvalue weighted by molar-refractivity contribution is 5.84. The van der Waals surface area contributed by atoms with E-state index in [1.807, 2.05) is 6.20 Å². The van der Waals surface area contributed by atoms with Crippen molar-refractivity contribution >= 4 is 17.8 Å². The summed E-state index contributed by atoms with van der Waals surface area (Å²) < 4.78 is 19.9. The van der Waals surface area contributed by atoms with Crippen molar-refractivity contribution in [2.75, 3.05) is 6.54 Å². The molecule has 316 valence electrons. The van der Waals surface area contributed by atoms with Crippen LogP contribution in [0.5, 0.6) is 0 Å². The lowest BCUT2D eigenvalue weighted by Crippen LogP contribution is -2.67. The number of carboxylic acids is 1. The van der Waals surface area contributed by atoms with Crippen LogP contribution in [0, 0.1) is 73.8 Å². The zero-order valence-electron chi connectivity index (χ0n) is 36.2. The Balaban J connectivity index is 0.991. The fourth-order valence-electron chi connectivity index (χ4n) is 15.9. The van der Waals surface area contributed by atoms with Gasteiger partial charge in [-0.25, -0.2) is 9.37 Å². The molecule has 7 fully saturated rings. The average Bonchev–Trinajstić information content (AvgIpc) is 3.56. The number of amides is 1. The van der Waals surface area contributed by atoms with Gasteiger partial charge >= 0.3 is 11.9 Å². The number of hydrogen-bond acceptors (Lipinski definition) is 5. The Labute approximate surface area is 345 Å². The van der Waals surface area contributed by atoms with E-state index in [1.54, 1.807) is 19.1 Å². The third-order valence-corrected chi connectivity index (χ3v) is 19.5. The molecule has 1 unspecified atom stereocenters. The molecule has 1 aromatic carbocycles. The Hall–Kier alpha value is -3.23. The summed E-state index contributed by atoms with van der Waals surface area (Å²) in [6, 6.07) is 6.45. The molecule has 2 aromatic rings. The molecule has 1 saturated heterocycles. The van der Waals surface area contributed by atoms with Crippen LogP contribution in [0.3, 0.4) is 0 Å². The van der Waals surface area contributed by atoms with E-state index in [4.69, 9.17) is 9.72 Å². The fraction of sp³-hybridized carbons (Fsp3) is 0.755. The number of halogens is 1. The number of ether oxygens (including phenoxy) is 1. The number of aliphatic carboxylic acids is 1. The fourth-order valence-corrected chi connectivity index (χ4v) is 15.9. The van der Waals surface area contributed by atoms with Gasteiger partial charge in [0.25, 0.3) is 0 Å². The first-order valence-electron chi connectivity index (χ1n) is 22.9. The van der Waals surface area contributed by atoms with E-state index in [-0.39, 0.29) is 57.4 Å². The van der Waals surface area contributed by atoms with Crippen LogP contribution >= 0.6 is 0 Å². The summed E-state index contributed by atoms with van der Waals surface area (Å²) in [4.78, 5) is 50.8. The number of imidazole rings is 1. The van der Waals surface area contributed by atoms with Crippen LogP contribution < -0.4 is 0 Å². The summed E-state index contributed by atoms with van der Waals surface area (Å²) in [6.45, 7) is 17.4. The Bertz CT molecular complexity index is 1960. The molecule has 6 saturated carbocycles. The van der Waals surface area contributed by atoms with Crippen LogP contribution in [-0.2, 0) is 19.1 Å². The van der Waals surface area contributed by atoms with Crippen LogP contribution in [0.2, 0.25) is 0 Å². The summed E-state index contributed by atoms with van der Waals surface area (Å²) in [6.07, 6.45) is 16.7. The first-order valence-corrected chi connectivity index (χ1v) is 22.9. The molecule has 6 aliphatic carbocycles. The maximum Gasteiger partial charge on any atom is 0.306 e. The summed E-state index contributed by atoms with van der Waals surface area (Å²) in [7, 11) is 0. The van der Waals surface area contributed by atoms with Gasteiger partial charge in [-0.3, -0.25) is 14.4 Å². The normalized spacial score (nSPS) is 41.4. The standard InChI is InChI=1S/C49H68FN3O5/c1-29(42(55)56)27-39(54)58-38-18-19-46(5)36(44(38,2)3)17-20-48(7)37(46)15-14-33-40-32(45(4)22-23-45)16-21-49(40,25-24-47(33,48)6)43(57)53-26-8-9-35(53)41-51-28-34(52-41)30-10-12-31(50)13-11-30/h10-13,28-29,32-33,35-38,40H,8-9,14-27H2,1-7H3,(H,51,52)(H,55,56)/t29?,32-,33-,35+,36+,37-,38+,40-,46+,47-,48-,49+/m1/s1. The lowest BCUT2D eigenvalue weighted by atomic mass is 9.32. The molecular formula is C49H68FN3O5. The number of aromatic nitrogens is 2. The predicted molar refractivity (Wildman–Crippen MR) is 220 cm³/mol. The second-order valence-corrected chi connectivity index (χ2v) is 22.3. The lowest BCUT2D eigenvalue weighted by molar-refractivity contribution is -0.251. The minimum Gasteiger partial charge on any atom is -0.481 e. The number of rotatable bonds is 8. The van der Waals surface area contributed by atoms with E-state index in [2.05, 4.69) is 51.4 Å². The van der Waals surface area contributed by atoms with Crippen molar-refractivity contribution in [2.24, 2.45) is 68.0 Å². The van der Waals surface area contributed by atoms with Gasteiger partial charge in [0.15, 0.2) is 0 Å². The lowest BCUT2D eigenvalue weighted by Gasteiger charge is -2.73. The molecule has 1 aromatic heterocycles. The summed E-state index contributed by atoms with van der Waals surface area (Å²) in [5.74, 6) is 1.32. The van der Waals surface area contributed by atoms with E-state index in [0.717, 1.165) is 87.8 Å². The van der Waals surface area contributed by atoms with E-state index in [0.29, 0.717) is 40.9 Å². The molecule has 9 rings (SSSR count). The van der Waals surface area contributed by atoms with Gasteiger partial charge in [-0.1, -0.05) is 48.5 Å². The molecule has 8 nitrogen and oxygen atoms in total. The molecule has 2 N–H and O–H groups in total. The number of carbonyl (C=O) groups excluding carboxylic acids is 2. The van der Waals surface area contributed by atoms with E-state index >= 15 is 4.79 Å². The highest BCUT2D eigenvalue weighted by Crippen LogP contribution is 2.79. The molecule has 9 heteroatoms. The van der Waals surface area contributed by atoms with E-state index < -0.39 is 11.9 Å². The average molecular weight is 798 g/mol. The minimum atomic E-state index is -0.963. The van der Waals surface area contributed by atoms with Crippen molar-refractivity contribution in [3.05, 3.63) is 42.1 Å². The van der Waals surface area contributed by atoms with Gasteiger partial charge in [0, 0.05) is 12.0 Å². The molecule has 0 bridgehead atoms. The molecule has 12 atom stereocenters. The topological polar surface area (TPSA) is 113 Å². The number of carboxylic acid groups (broad SMARTS) is 1. The second-order valence-electron chi connectivity index (χ2n) is 22.3. The molecule has 58 heavy (non-hydrogen) atoms. The second kappa shape index (κ2) is 13.6. The zero-order valence-corrected chi connectivity index (χ0v) is 36.2. The number of hydrogen-bond donors (Lipinski definition) is 2. The summed E-state index contributed by atoms with van der Waals surface area (Å²) in [5, 5.41) is 9.42. The summed E-state index contributed by atoms with van der Waals surface area (Å²) >= 11 is 0. The molecule has 0 spiro atoms. The number of esters is 1. The van der Waals surface area contributed by atoms with Gasteiger partial charge in [0.2, 0.25) is 5.91 Å². The van der Waals surface area contributed by atoms with Crippen molar-refractivity contribution in [1.29, 1.82) is 0 Å². The monoisotopic (exact) mass is 798 g/mol. The molecule has 1 aliphatic heterocycles. The number of H-pyrrole nitrogens is 1. The van der Waals surface area contributed by atoms with Gasteiger partial charge in [0.1, 0.15) is 17.7 Å². The predicted octanol–water partition coefficient (Wildman–Crippen LogP) is 10.8. The highest BCUT2D eigenvalue weighted by Gasteiger charge is 2.74. The van der Waals surface area contributed by atoms with Gasteiger partial charge in [-0.05, 0) is 171 Å². The zero-order chi connectivity index (χ0) is 41.2. The SMILES string of the molecule is CC(CC(=O)O[C@H]1CC[C@]2(C)[C@H]3CC[C@@H]4[C@H]5[C@H](C6(C)CC6)CC[C@]5(C(=O)N5CCC[C@H]5c5ncc(-c6ccc(F)cc6)[nH]5)CC[C@@]4(C)[C@]3(C)CC[C@H]2C1(C)C)C(=O)O. The number of carbonyl (C=O) groups is 3. The van der Waals surface area contributed by atoms with Crippen molar-refractivity contribution in [1.82, 2.24) is 14.9 Å².